The lowest BCUT2D eigenvalue weighted by Gasteiger charge is -2.09. The molecule has 3 aromatic heterocycles. The van der Waals surface area contributed by atoms with Crippen LogP contribution >= 0.6 is 11.6 Å². The van der Waals surface area contributed by atoms with Gasteiger partial charge in [0.05, 0.1) is 29.5 Å². The highest BCUT2D eigenvalue weighted by atomic mass is 35.5. The van der Waals surface area contributed by atoms with Crippen molar-refractivity contribution in [3.05, 3.63) is 96.2 Å². The zero-order valence-electron chi connectivity index (χ0n) is 14.6. The van der Waals surface area contributed by atoms with Gasteiger partial charge >= 0.3 is 0 Å². The first kappa shape index (κ1) is 16.7. The van der Waals surface area contributed by atoms with Crippen molar-refractivity contribution in [2.45, 2.75) is 0 Å². The predicted octanol–water partition coefficient (Wildman–Crippen LogP) is 5.65. The summed E-state index contributed by atoms with van der Waals surface area (Å²) in [5, 5.41) is 5.10. The third kappa shape index (κ3) is 2.86. The molecule has 0 saturated carbocycles. The van der Waals surface area contributed by atoms with Gasteiger partial charge in [-0.2, -0.15) is 5.10 Å². The normalized spacial score (nSPS) is 11.2. The molecule has 0 saturated heterocycles. The van der Waals surface area contributed by atoms with Crippen LogP contribution in [0.4, 0.5) is 4.39 Å². The summed E-state index contributed by atoms with van der Waals surface area (Å²) in [7, 11) is 0. The van der Waals surface area contributed by atoms with E-state index in [9.17, 15) is 4.39 Å². The average Bonchev–Trinajstić information content (AvgIpc) is 3.36. The van der Waals surface area contributed by atoms with Crippen LogP contribution in [-0.2, 0) is 0 Å². The molecule has 3 heterocycles. The third-order valence-corrected chi connectivity index (χ3v) is 4.91. The second-order valence-corrected chi connectivity index (χ2v) is 6.84. The minimum atomic E-state index is -0.273. The Morgan fingerprint density at radius 1 is 0.786 bits per heavy atom. The Labute approximate surface area is 165 Å². The molecular weight excluding hydrogens is 375 g/mol. The number of benzene rings is 2. The second kappa shape index (κ2) is 6.62. The smallest absolute Gasteiger partial charge is 0.137 e. The number of hydrogen-bond donors (Lipinski definition) is 0. The maximum Gasteiger partial charge on any atom is 0.137 e. The number of aromatic nitrogens is 4. The van der Waals surface area contributed by atoms with Gasteiger partial charge in [-0.1, -0.05) is 23.7 Å². The van der Waals surface area contributed by atoms with Crippen molar-refractivity contribution in [1.82, 2.24) is 19.2 Å². The van der Waals surface area contributed by atoms with E-state index in [4.69, 9.17) is 11.6 Å². The van der Waals surface area contributed by atoms with E-state index >= 15 is 0 Å². The Hall–Kier alpha value is -3.44. The minimum Gasteiger partial charge on any atom is -0.299 e. The Morgan fingerprint density at radius 3 is 2.32 bits per heavy atom. The molecule has 5 aromatic rings. The van der Waals surface area contributed by atoms with Gasteiger partial charge in [-0.3, -0.25) is 4.40 Å². The molecule has 0 radical (unpaired) electrons. The van der Waals surface area contributed by atoms with Gasteiger partial charge in [0.15, 0.2) is 0 Å². The molecule has 0 unspecified atom stereocenters. The molecule has 0 aliphatic rings. The standard InChI is InChI=1S/C22H14ClFN4/c23-17-4-1-15(2-5-17)21-13-25-22-10-3-16(14-27(21)22)20-11-12-26-28(20)19-8-6-18(24)7-9-19/h1-14H. The number of fused-ring (bicyclic) bond motifs is 1. The number of nitrogens with zero attached hydrogens (tertiary/aromatic N) is 4. The quantitative estimate of drug-likeness (QED) is 0.400. The molecule has 2 aromatic carbocycles. The van der Waals surface area contributed by atoms with E-state index < -0.39 is 0 Å². The summed E-state index contributed by atoms with van der Waals surface area (Å²) < 4.78 is 17.1. The summed E-state index contributed by atoms with van der Waals surface area (Å²) in [5.74, 6) is -0.273. The monoisotopic (exact) mass is 388 g/mol. The van der Waals surface area contributed by atoms with Crippen LogP contribution in [0.25, 0.3) is 33.8 Å². The molecule has 0 N–H and O–H groups in total. The van der Waals surface area contributed by atoms with E-state index in [-0.39, 0.29) is 5.82 Å². The third-order valence-electron chi connectivity index (χ3n) is 4.66. The van der Waals surface area contributed by atoms with Crippen LogP contribution in [0.15, 0.2) is 85.3 Å². The minimum absolute atomic E-state index is 0.273. The second-order valence-electron chi connectivity index (χ2n) is 6.40. The number of pyridine rings is 1. The van der Waals surface area contributed by atoms with E-state index in [1.807, 2.05) is 59.3 Å². The molecule has 0 atom stereocenters. The van der Waals surface area contributed by atoms with Crippen molar-refractivity contribution >= 4 is 17.2 Å². The Kier molecular flexibility index (Phi) is 3.95. The highest BCUT2D eigenvalue weighted by Crippen LogP contribution is 2.27. The number of halogens is 2. The molecule has 0 spiro atoms. The fourth-order valence-electron chi connectivity index (χ4n) is 3.28. The Morgan fingerprint density at radius 2 is 1.54 bits per heavy atom. The summed E-state index contributed by atoms with van der Waals surface area (Å²) in [4.78, 5) is 4.50. The molecule has 0 aliphatic carbocycles. The maximum atomic E-state index is 13.3. The zero-order chi connectivity index (χ0) is 19.1. The van der Waals surface area contributed by atoms with Crippen molar-refractivity contribution in [2.75, 3.05) is 0 Å². The van der Waals surface area contributed by atoms with Gasteiger partial charge in [0, 0.05) is 22.3 Å². The van der Waals surface area contributed by atoms with Crippen LogP contribution < -0.4 is 0 Å². The van der Waals surface area contributed by atoms with Gasteiger partial charge in [-0.15, -0.1) is 0 Å². The van der Waals surface area contributed by atoms with Gasteiger partial charge in [-0.25, -0.2) is 14.1 Å². The predicted molar refractivity (Wildman–Crippen MR) is 108 cm³/mol. The Bertz CT molecular complexity index is 1270. The van der Waals surface area contributed by atoms with Crippen molar-refractivity contribution in [2.24, 2.45) is 0 Å². The van der Waals surface area contributed by atoms with Gasteiger partial charge in [-0.05, 0) is 54.6 Å². The summed E-state index contributed by atoms with van der Waals surface area (Å²) in [6, 6.07) is 19.9. The zero-order valence-corrected chi connectivity index (χ0v) is 15.4. The average molecular weight is 389 g/mol. The van der Waals surface area contributed by atoms with Crippen LogP contribution in [-0.4, -0.2) is 19.2 Å². The molecular formula is C22H14ClFN4. The van der Waals surface area contributed by atoms with Crippen molar-refractivity contribution in [3.63, 3.8) is 0 Å². The summed E-state index contributed by atoms with van der Waals surface area (Å²) >= 11 is 6.01. The van der Waals surface area contributed by atoms with E-state index in [0.29, 0.717) is 5.02 Å². The molecule has 6 heteroatoms. The Balaban J connectivity index is 1.63. The van der Waals surface area contributed by atoms with Gasteiger partial charge in [0.2, 0.25) is 0 Å². The largest absolute Gasteiger partial charge is 0.299 e. The molecule has 0 aliphatic heterocycles. The highest BCUT2D eigenvalue weighted by Gasteiger charge is 2.11. The first-order chi connectivity index (χ1) is 13.7. The van der Waals surface area contributed by atoms with Crippen molar-refractivity contribution < 1.29 is 4.39 Å². The fraction of sp³-hybridized carbons (Fsp3) is 0. The first-order valence-corrected chi connectivity index (χ1v) is 9.10. The van der Waals surface area contributed by atoms with Crippen LogP contribution in [0.1, 0.15) is 0 Å². The summed E-state index contributed by atoms with van der Waals surface area (Å²) in [6.45, 7) is 0. The van der Waals surface area contributed by atoms with Gasteiger partial charge in [0.25, 0.3) is 0 Å². The lowest BCUT2D eigenvalue weighted by Crippen LogP contribution is -2.00. The lowest BCUT2D eigenvalue weighted by molar-refractivity contribution is 0.627. The summed E-state index contributed by atoms with van der Waals surface area (Å²) in [5.41, 5.74) is 5.53. The van der Waals surface area contributed by atoms with E-state index in [2.05, 4.69) is 10.1 Å². The molecule has 0 fully saturated rings. The molecule has 5 rings (SSSR count). The fourth-order valence-corrected chi connectivity index (χ4v) is 3.40. The van der Waals surface area contributed by atoms with E-state index in [0.717, 1.165) is 33.8 Å². The maximum absolute atomic E-state index is 13.3. The molecule has 28 heavy (non-hydrogen) atoms. The van der Waals surface area contributed by atoms with Gasteiger partial charge < -0.3 is 0 Å². The summed E-state index contributed by atoms with van der Waals surface area (Å²) in [6.07, 6.45) is 5.61. The molecule has 0 amide bonds. The first-order valence-electron chi connectivity index (χ1n) is 8.72. The van der Waals surface area contributed by atoms with Crippen molar-refractivity contribution in [1.29, 1.82) is 0 Å². The number of hydrogen-bond acceptors (Lipinski definition) is 2. The SMILES string of the molecule is Fc1ccc(-n2nccc2-c2ccc3ncc(-c4ccc(Cl)cc4)n3c2)cc1. The highest BCUT2D eigenvalue weighted by molar-refractivity contribution is 6.30. The van der Waals surface area contributed by atoms with Crippen LogP contribution in [0.3, 0.4) is 0 Å². The topological polar surface area (TPSA) is 35.1 Å². The van der Waals surface area contributed by atoms with Crippen molar-refractivity contribution in [3.8, 4) is 28.2 Å². The lowest BCUT2D eigenvalue weighted by atomic mass is 10.1. The molecule has 136 valence electrons. The van der Waals surface area contributed by atoms with Crippen LogP contribution in [0, 0.1) is 5.82 Å². The van der Waals surface area contributed by atoms with E-state index in [1.165, 1.54) is 12.1 Å². The van der Waals surface area contributed by atoms with Crippen LogP contribution in [0.5, 0.6) is 0 Å². The molecule has 0 bridgehead atoms. The van der Waals surface area contributed by atoms with E-state index in [1.54, 1.807) is 23.0 Å². The van der Waals surface area contributed by atoms with Gasteiger partial charge in [0.1, 0.15) is 11.5 Å². The molecule has 4 nitrogen and oxygen atoms in total. The van der Waals surface area contributed by atoms with Crippen LogP contribution in [0.2, 0.25) is 5.02 Å². The number of imidazole rings is 1. The number of rotatable bonds is 3.